The standard InChI is InChI=1S/C58H41NO/c60-58-33-31-49(42-26-24-41(25-27-42)47-35-45(39-14-4-1-5-15-39)34-46(36-47)40-16-6-2-7-17-40)51-30-28-43(37-54(51)50-20-10-11-22-53(50)58)44-29-32-57-55(38-44)52-21-12-13-23-56(52)59(57)48-18-8-3-9-19-48/h1-30,32,34-38,49H,31,33H2. The van der Waals surface area contributed by atoms with Crippen LogP contribution in [0.5, 0.6) is 0 Å². The average Bonchev–Trinajstić information content (AvgIpc) is 3.66. The van der Waals surface area contributed by atoms with Gasteiger partial charge in [-0.05, 0) is 128 Å². The zero-order valence-electron chi connectivity index (χ0n) is 33.1. The number of hydrogen-bond donors (Lipinski definition) is 0. The van der Waals surface area contributed by atoms with Gasteiger partial charge < -0.3 is 4.57 Å². The lowest BCUT2D eigenvalue weighted by Crippen LogP contribution is -2.12. The Morgan fingerprint density at radius 2 is 0.883 bits per heavy atom. The van der Waals surface area contributed by atoms with E-state index in [4.69, 9.17) is 0 Å². The molecule has 10 aromatic rings. The third kappa shape index (κ3) is 6.34. The topological polar surface area (TPSA) is 22.0 Å². The van der Waals surface area contributed by atoms with Crippen LogP contribution in [0.4, 0.5) is 0 Å². The fourth-order valence-corrected chi connectivity index (χ4v) is 9.45. The molecule has 60 heavy (non-hydrogen) atoms. The van der Waals surface area contributed by atoms with Crippen LogP contribution in [-0.4, -0.2) is 10.4 Å². The normalized spacial score (nSPS) is 13.7. The molecular formula is C58H41NO. The van der Waals surface area contributed by atoms with Crippen LogP contribution in [0.1, 0.15) is 40.2 Å². The zero-order chi connectivity index (χ0) is 40.0. The molecule has 1 unspecified atom stereocenters. The number of Topliss-reactive ketones (excluding diaryl/α,β-unsaturated/α-hetero) is 1. The molecule has 1 heterocycles. The van der Waals surface area contributed by atoms with Gasteiger partial charge >= 0.3 is 0 Å². The summed E-state index contributed by atoms with van der Waals surface area (Å²) in [6.07, 6.45) is 1.23. The highest BCUT2D eigenvalue weighted by Gasteiger charge is 2.26. The van der Waals surface area contributed by atoms with Crippen molar-refractivity contribution in [2.24, 2.45) is 0 Å². The molecule has 1 atom stereocenters. The Hall–Kier alpha value is -7.55. The van der Waals surface area contributed by atoms with Crippen LogP contribution in [0.3, 0.4) is 0 Å². The molecule has 9 aromatic carbocycles. The Balaban J connectivity index is 1.01. The fraction of sp³-hybridized carbons (Fsp3) is 0.0517. The van der Waals surface area contributed by atoms with Gasteiger partial charge in [-0.25, -0.2) is 0 Å². The minimum absolute atomic E-state index is 0.0577. The van der Waals surface area contributed by atoms with Crippen LogP contribution in [0.15, 0.2) is 218 Å². The van der Waals surface area contributed by atoms with Crippen molar-refractivity contribution in [3.8, 4) is 61.3 Å². The molecule has 0 aliphatic heterocycles. The quantitative estimate of drug-likeness (QED) is 0.165. The first kappa shape index (κ1) is 35.6. The highest BCUT2D eigenvalue weighted by Crippen LogP contribution is 2.44. The van der Waals surface area contributed by atoms with Crippen molar-refractivity contribution in [1.82, 2.24) is 4.57 Å². The van der Waals surface area contributed by atoms with Gasteiger partial charge in [0.15, 0.2) is 5.78 Å². The lowest BCUT2D eigenvalue weighted by Gasteiger charge is -2.26. The highest BCUT2D eigenvalue weighted by atomic mass is 16.1. The fourth-order valence-electron chi connectivity index (χ4n) is 9.45. The molecular weight excluding hydrogens is 727 g/mol. The number of carbonyl (C=O) groups is 1. The van der Waals surface area contributed by atoms with E-state index in [9.17, 15) is 4.79 Å². The molecule has 0 saturated heterocycles. The number of benzene rings is 9. The summed E-state index contributed by atoms with van der Waals surface area (Å²) in [6, 6.07) is 78.4. The predicted octanol–water partition coefficient (Wildman–Crippen LogP) is 15.2. The highest BCUT2D eigenvalue weighted by molar-refractivity contribution is 6.10. The van der Waals surface area contributed by atoms with Crippen molar-refractivity contribution < 1.29 is 4.79 Å². The molecule has 0 amide bonds. The molecule has 2 nitrogen and oxygen atoms in total. The molecule has 2 heteroatoms. The number of nitrogens with zero attached hydrogens (tertiary/aromatic N) is 1. The molecule has 1 aliphatic rings. The van der Waals surface area contributed by atoms with Crippen LogP contribution in [0.25, 0.3) is 83.1 Å². The van der Waals surface area contributed by atoms with Crippen LogP contribution in [0, 0.1) is 0 Å². The van der Waals surface area contributed by atoms with Crippen LogP contribution < -0.4 is 0 Å². The van der Waals surface area contributed by atoms with E-state index in [2.05, 4.69) is 211 Å². The maximum Gasteiger partial charge on any atom is 0.163 e. The average molecular weight is 768 g/mol. The number of aromatic nitrogens is 1. The minimum atomic E-state index is 0.0577. The molecule has 0 fully saturated rings. The lowest BCUT2D eigenvalue weighted by atomic mass is 9.77. The summed E-state index contributed by atoms with van der Waals surface area (Å²) in [5.41, 5.74) is 18.3. The number of hydrogen-bond acceptors (Lipinski definition) is 1. The summed E-state index contributed by atoms with van der Waals surface area (Å²) in [5.74, 6) is 0.256. The van der Waals surface area contributed by atoms with Crippen molar-refractivity contribution in [2.75, 3.05) is 0 Å². The molecule has 0 saturated carbocycles. The van der Waals surface area contributed by atoms with E-state index >= 15 is 0 Å². The van der Waals surface area contributed by atoms with Gasteiger partial charge in [0.25, 0.3) is 0 Å². The van der Waals surface area contributed by atoms with Crippen molar-refractivity contribution in [3.05, 3.63) is 235 Å². The van der Waals surface area contributed by atoms with Gasteiger partial charge in [0.2, 0.25) is 0 Å². The maximum absolute atomic E-state index is 13.9. The smallest absolute Gasteiger partial charge is 0.163 e. The summed E-state index contributed by atoms with van der Waals surface area (Å²) in [4.78, 5) is 13.9. The first-order chi connectivity index (χ1) is 29.7. The Labute approximate surface area is 350 Å². The number of carbonyl (C=O) groups excluding carboxylic acids is 1. The Morgan fingerprint density at radius 3 is 1.57 bits per heavy atom. The van der Waals surface area contributed by atoms with Gasteiger partial charge in [-0.1, -0.05) is 164 Å². The number of ketones is 1. The second-order valence-electron chi connectivity index (χ2n) is 15.9. The van der Waals surface area contributed by atoms with Crippen LogP contribution >= 0.6 is 0 Å². The number of para-hydroxylation sites is 2. The Morgan fingerprint density at radius 1 is 0.367 bits per heavy atom. The molecule has 284 valence electrons. The van der Waals surface area contributed by atoms with E-state index in [1.54, 1.807) is 0 Å². The van der Waals surface area contributed by atoms with Crippen LogP contribution in [0.2, 0.25) is 0 Å². The molecule has 11 rings (SSSR count). The monoisotopic (exact) mass is 767 g/mol. The summed E-state index contributed by atoms with van der Waals surface area (Å²) in [5, 5.41) is 2.45. The third-order valence-corrected chi connectivity index (χ3v) is 12.4. The van der Waals surface area contributed by atoms with E-state index in [1.165, 1.54) is 66.3 Å². The van der Waals surface area contributed by atoms with E-state index in [-0.39, 0.29) is 11.7 Å². The second kappa shape index (κ2) is 15.0. The maximum atomic E-state index is 13.9. The molecule has 0 N–H and O–H groups in total. The van der Waals surface area contributed by atoms with E-state index in [0.717, 1.165) is 39.9 Å². The second-order valence-corrected chi connectivity index (χ2v) is 15.9. The number of fused-ring (bicyclic) bond motifs is 6. The summed E-state index contributed by atoms with van der Waals surface area (Å²) < 4.78 is 2.36. The zero-order valence-corrected chi connectivity index (χ0v) is 33.1. The first-order valence-electron chi connectivity index (χ1n) is 20.9. The van der Waals surface area contributed by atoms with Gasteiger partial charge in [0.05, 0.1) is 11.0 Å². The predicted molar refractivity (Wildman–Crippen MR) is 250 cm³/mol. The van der Waals surface area contributed by atoms with Gasteiger partial charge in [-0.2, -0.15) is 0 Å². The first-order valence-corrected chi connectivity index (χ1v) is 20.9. The van der Waals surface area contributed by atoms with Gasteiger partial charge in [0, 0.05) is 34.4 Å². The van der Waals surface area contributed by atoms with E-state index in [1.807, 2.05) is 12.1 Å². The van der Waals surface area contributed by atoms with E-state index in [0.29, 0.717) is 6.42 Å². The third-order valence-electron chi connectivity index (χ3n) is 12.4. The van der Waals surface area contributed by atoms with Gasteiger partial charge in [-0.15, -0.1) is 0 Å². The minimum Gasteiger partial charge on any atom is -0.309 e. The van der Waals surface area contributed by atoms with E-state index < -0.39 is 0 Å². The summed E-state index contributed by atoms with van der Waals surface area (Å²) in [6.45, 7) is 0. The molecule has 0 radical (unpaired) electrons. The van der Waals surface area contributed by atoms with Gasteiger partial charge in [0.1, 0.15) is 0 Å². The lowest BCUT2D eigenvalue weighted by molar-refractivity contribution is 0.0978. The Bertz CT molecular complexity index is 3140. The largest absolute Gasteiger partial charge is 0.309 e. The summed E-state index contributed by atoms with van der Waals surface area (Å²) >= 11 is 0. The molecule has 1 aliphatic carbocycles. The SMILES string of the molecule is O=C1CCC(c2ccc(-c3cc(-c4ccccc4)cc(-c4ccccc4)c3)cc2)c2ccc(-c3ccc4c(c3)c3ccccc3n4-c3ccccc3)cc2-c2ccccc21. The molecule has 0 spiro atoms. The van der Waals surface area contributed by atoms with Crippen molar-refractivity contribution in [2.45, 2.75) is 18.8 Å². The molecule has 1 aromatic heterocycles. The molecule has 0 bridgehead atoms. The number of rotatable bonds is 6. The van der Waals surface area contributed by atoms with Crippen LogP contribution in [-0.2, 0) is 0 Å². The van der Waals surface area contributed by atoms with Crippen molar-refractivity contribution >= 4 is 27.6 Å². The summed E-state index contributed by atoms with van der Waals surface area (Å²) in [7, 11) is 0. The van der Waals surface area contributed by atoms with Gasteiger partial charge in [-0.3, -0.25) is 4.79 Å². The Kier molecular flexibility index (Phi) is 8.90. The van der Waals surface area contributed by atoms with Crippen molar-refractivity contribution in [1.29, 1.82) is 0 Å². The van der Waals surface area contributed by atoms with Crippen molar-refractivity contribution in [3.63, 3.8) is 0 Å².